The molecule has 0 aromatic heterocycles. The molecule has 36 heavy (non-hydrogen) atoms. The number of carbonyl (C=O) groups is 2. The van der Waals surface area contributed by atoms with Crippen molar-refractivity contribution < 1.29 is 19.1 Å². The Morgan fingerprint density at radius 1 is 0.972 bits per heavy atom. The molecule has 0 atom stereocenters. The van der Waals surface area contributed by atoms with Crippen LogP contribution in [-0.2, 0) is 17.9 Å². The summed E-state index contributed by atoms with van der Waals surface area (Å²) in [7, 11) is 0. The molecule has 10 heteroatoms. The molecule has 0 unspecified atom stereocenters. The minimum Gasteiger partial charge on any atom is -0.490 e. The number of hydrogen-bond donors (Lipinski definition) is 0. The van der Waals surface area contributed by atoms with E-state index in [0.717, 1.165) is 25.8 Å². The van der Waals surface area contributed by atoms with Crippen LogP contribution in [0.2, 0.25) is 15.1 Å². The lowest BCUT2D eigenvalue weighted by Crippen LogP contribution is -2.27. The van der Waals surface area contributed by atoms with E-state index in [2.05, 4.69) is 22.6 Å². The molecule has 0 N–H and O–H groups in total. The largest absolute Gasteiger partial charge is 0.490 e. The Hall–Kier alpha value is -1.91. The molecule has 5 nitrogen and oxygen atoms in total. The highest BCUT2D eigenvalue weighted by Crippen LogP contribution is 2.39. The molecule has 0 bridgehead atoms. The number of halogens is 4. The van der Waals surface area contributed by atoms with Gasteiger partial charge in [-0.15, -0.1) is 0 Å². The van der Waals surface area contributed by atoms with Crippen LogP contribution in [0.4, 0.5) is 4.79 Å². The van der Waals surface area contributed by atoms with E-state index in [9.17, 15) is 9.59 Å². The lowest BCUT2D eigenvalue weighted by atomic mass is 10.1. The Balaban J connectivity index is 1.58. The number of benzene rings is 3. The zero-order valence-corrected chi connectivity index (χ0v) is 24.1. The van der Waals surface area contributed by atoms with Crippen molar-refractivity contribution in [2.75, 3.05) is 6.61 Å². The SMILES string of the molecule is CCOc1cc(/C=C2/SC(=O)N(Cc3c(Cl)cccc3Cl)C2=O)cc(I)c1OCc1ccccc1Cl. The quantitative estimate of drug-likeness (QED) is 0.177. The van der Waals surface area contributed by atoms with Crippen LogP contribution in [0.15, 0.2) is 59.5 Å². The van der Waals surface area contributed by atoms with Gasteiger partial charge >= 0.3 is 0 Å². The van der Waals surface area contributed by atoms with Crippen molar-refractivity contribution in [3.8, 4) is 11.5 Å². The predicted molar refractivity (Wildman–Crippen MR) is 154 cm³/mol. The summed E-state index contributed by atoms with van der Waals surface area (Å²) in [6, 6.07) is 16.2. The Bertz CT molecular complexity index is 1340. The number of imide groups is 1. The molecule has 0 spiro atoms. The fraction of sp³-hybridized carbons (Fsp3) is 0.154. The number of amides is 2. The first kappa shape index (κ1) is 27.1. The van der Waals surface area contributed by atoms with E-state index in [-0.39, 0.29) is 18.4 Å². The highest BCUT2D eigenvalue weighted by molar-refractivity contribution is 14.1. The maximum atomic E-state index is 13.1. The van der Waals surface area contributed by atoms with Gasteiger partial charge in [-0.1, -0.05) is 59.1 Å². The second kappa shape index (κ2) is 12.1. The molecule has 0 radical (unpaired) electrons. The summed E-state index contributed by atoms with van der Waals surface area (Å²) < 4.78 is 12.7. The Kier molecular flexibility index (Phi) is 9.11. The van der Waals surface area contributed by atoms with Gasteiger partial charge < -0.3 is 9.47 Å². The van der Waals surface area contributed by atoms with Crippen molar-refractivity contribution in [2.45, 2.75) is 20.1 Å². The second-order valence-corrected chi connectivity index (χ2v) is 11.0. The topological polar surface area (TPSA) is 55.8 Å². The van der Waals surface area contributed by atoms with E-state index in [0.29, 0.717) is 49.2 Å². The third kappa shape index (κ3) is 6.14. The Labute approximate surface area is 241 Å². The van der Waals surface area contributed by atoms with Crippen molar-refractivity contribution >= 4 is 86.4 Å². The van der Waals surface area contributed by atoms with Crippen molar-refractivity contribution in [1.29, 1.82) is 0 Å². The first-order valence-electron chi connectivity index (χ1n) is 10.8. The van der Waals surface area contributed by atoms with Gasteiger partial charge in [0, 0.05) is 26.2 Å². The third-order valence-corrected chi connectivity index (χ3v) is 8.00. The van der Waals surface area contributed by atoms with E-state index in [1.165, 1.54) is 0 Å². The minimum atomic E-state index is -0.409. The van der Waals surface area contributed by atoms with E-state index < -0.39 is 5.91 Å². The van der Waals surface area contributed by atoms with Crippen LogP contribution >= 0.6 is 69.2 Å². The normalized spacial score (nSPS) is 14.6. The molecular weight excluding hydrogens is 656 g/mol. The third-order valence-electron chi connectivity index (χ3n) is 5.21. The van der Waals surface area contributed by atoms with Crippen LogP contribution in [0.5, 0.6) is 11.5 Å². The summed E-state index contributed by atoms with van der Waals surface area (Å²) >= 11 is 21.8. The average molecular weight is 675 g/mol. The molecular formula is C26H19Cl3INO4S. The van der Waals surface area contributed by atoms with E-state index in [4.69, 9.17) is 44.3 Å². The maximum Gasteiger partial charge on any atom is 0.293 e. The number of thioether (sulfide) groups is 1. The van der Waals surface area contributed by atoms with Gasteiger partial charge in [0.2, 0.25) is 0 Å². The minimum absolute atomic E-state index is 0.00291. The molecule has 0 saturated carbocycles. The highest BCUT2D eigenvalue weighted by atomic mass is 127. The van der Waals surface area contributed by atoms with Crippen LogP contribution in [0, 0.1) is 3.57 Å². The Morgan fingerprint density at radius 2 is 1.67 bits per heavy atom. The molecule has 4 rings (SSSR count). The van der Waals surface area contributed by atoms with Crippen molar-refractivity contribution in [1.82, 2.24) is 4.90 Å². The number of rotatable bonds is 8. The van der Waals surface area contributed by atoms with Gasteiger partial charge in [0.05, 0.1) is 21.6 Å². The van der Waals surface area contributed by atoms with Crippen molar-refractivity contribution in [2.24, 2.45) is 0 Å². The van der Waals surface area contributed by atoms with Crippen LogP contribution in [0.25, 0.3) is 6.08 Å². The fourth-order valence-electron chi connectivity index (χ4n) is 3.47. The maximum absolute atomic E-state index is 13.1. The van der Waals surface area contributed by atoms with Gasteiger partial charge in [0.15, 0.2) is 11.5 Å². The zero-order chi connectivity index (χ0) is 25.8. The van der Waals surface area contributed by atoms with Crippen LogP contribution < -0.4 is 9.47 Å². The van der Waals surface area contributed by atoms with Crippen LogP contribution in [0.1, 0.15) is 23.6 Å². The smallest absolute Gasteiger partial charge is 0.293 e. The van der Waals surface area contributed by atoms with Crippen LogP contribution in [-0.4, -0.2) is 22.7 Å². The molecule has 1 aliphatic rings. The fourth-order valence-corrected chi connectivity index (χ4v) is 5.80. The summed E-state index contributed by atoms with van der Waals surface area (Å²) in [5, 5.41) is 1.03. The number of ether oxygens (including phenoxy) is 2. The number of nitrogens with zero attached hydrogens (tertiary/aromatic N) is 1. The molecule has 2 amide bonds. The lowest BCUT2D eigenvalue weighted by Gasteiger charge is -2.16. The van der Waals surface area contributed by atoms with E-state index in [1.54, 1.807) is 30.3 Å². The molecule has 1 heterocycles. The first-order chi connectivity index (χ1) is 17.3. The average Bonchev–Trinajstić information content (AvgIpc) is 3.09. The summed E-state index contributed by atoms with van der Waals surface area (Å²) in [4.78, 5) is 27.1. The summed E-state index contributed by atoms with van der Waals surface area (Å²) in [6.07, 6.45) is 1.67. The summed E-state index contributed by atoms with van der Waals surface area (Å²) in [6.45, 7) is 2.58. The monoisotopic (exact) mass is 673 g/mol. The van der Waals surface area contributed by atoms with Crippen molar-refractivity contribution in [3.05, 3.63) is 94.8 Å². The summed E-state index contributed by atoms with van der Waals surface area (Å²) in [5.41, 5.74) is 2.08. The van der Waals surface area contributed by atoms with E-state index in [1.807, 2.05) is 37.3 Å². The molecule has 3 aromatic carbocycles. The molecule has 3 aromatic rings. The first-order valence-corrected chi connectivity index (χ1v) is 13.8. The molecule has 1 aliphatic heterocycles. The van der Waals surface area contributed by atoms with Gasteiger partial charge in [-0.3, -0.25) is 14.5 Å². The van der Waals surface area contributed by atoms with E-state index >= 15 is 0 Å². The highest BCUT2D eigenvalue weighted by Gasteiger charge is 2.35. The van der Waals surface area contributed by atoms with Crippen molar-refractivity contribution in [3.63, 3.8) is 0 Å². The Morgan fingerprint density at radius 3 is 2.36 bits per heavy atom. The molecule has 1 saturated heterocycles. The predicted octanol–water partition coefficient (Wildman–Crippen LogP) is 8.47. The standard InChI is InChI=1S/C26H19Cl3INO4S/c1-2-34-22-11-15(10-21(30)24(22)35-14-16-6-3-4-7-18(16)27)12-23-25(32)31(26(33)36-23)13-17-19(28)8-5-9-20(17)29/h3-12H,2,13-14H2,1H3/b23-12+. The lowest BCUT2D eigenvalue weighted by molar-refractivity contribution is -0.123. The van der Waals surface area contributed by atoms with Gasteiger partial charge in [-0.2, -0.15) is 0 Å². The van der Waals surface area contributed by atoms with Gasteiger partial charge in [0.25, 0.3) is 11.1 Å². The second-order valence-electron chi connectivity index (χ2n) is 7.61. The molecule has 186 valence electrons. The zero-order valence-electron chi connectivity index (χ0n) is 18.9. The summed E-state index contributed by atoms with van der Waals surface area (Å²) in [5.74, 6) is 0.703. The number of hydrogen-bond acceptors (Lipinski definition) is 5. The van der Waals surface area contributed by atoms with Crippen LogP contribution in [0.3, 0.4) is 0 Å². The molecule has 1 fully saturated rings. The number of carbonyl (C=O) groups excluding carboxylic acids is 2. The molecule has 0 aliphatic carbocycles. The van der Waals surface area contributed by atoms with Gasteiger partial charge in [-0.25, -0.2) is 0 Å². The van der Waals surface area contributed by atoms with Gasteiger partial charge in [-0.05, 0) is 83.2 Å². The van der Waals surface area contributed by atoms with Gasteiger partial charge in [0.1, 0.15) is 6.61 Å².